The molecule has 1 heterocycles. The van der Waals surface area contributed by atoms with Crippen molar-refractivity contribution in [2.45, 2.75) is 90.0 Å². The second-order valence-corrected chi connectivity index (χ2v) is 10.9. The summed E-state index contributed by atoms with van der Waals surface area (Å²) >= 11 is 0. The molecule has 1 saturated heterocycles. The van der Waals surface area contributed by atoms with Crippen LogP contribution >= 0.6 is 0 Å². The molecule has 1 N–H and O–H groups in total. The number of hydrogen-bond acceptors (Lipinski definition) is 3. The Labute approximate surface area is 202 Å². The summed E-state index contributed by atoms with van der Waals surface area (Å²) in [5.41, 5.74) is 0.500. The van der Waals surface area contributed by atoms with Crippen LogP contribution < -0.4 is 5.32 Å². The maximum absolute atomic E-state index is 15.7. The summed E-state index contributed by atoms with van der Waals surface area (Å²) in [4.78, 5) is 40.8. The number of piperidine rings is 1. The largest absolute Gasteiger partial charge is 0.342 e. The van der Waals surface area contributed by atoms with Crippen molar-refractivity contribution in [2.75, 3.05) is 13.1 Å². The zero-order valence-corrected chi connectivity index (χ0v) is 20.7. The van der Waals surface area contributed by atoms with Gasteiger partial charge in [-0.05, 0) is 56.1 Å². The predicted molar refractivity (Wildman–Crippen MR) is 130 cm³/mol. The van der Waals surface area contributed by atoms with E-state index in [1.807, 2.05) is 18.7 Å². The molecule has 3 aliphatic rings. The van der Waals surface area contributed by atoms with Crippen LogP contribution in [0.2, 0.25) is 0 Å². The quantitative estimate of drug-likeness (QED) is 0.593. The van der Waals surface area contributed by atoms with Gasteiger partial charge in [0.15, 0.2) is 5.78 Å². The van der Waals surface area contributed by atoms with Gasteiger partial charge in [-0.3, -0.25) is 14.4 Å². The molecule has 6 heteroatoms. The van der Waals surface area contributed by atoms with Gasteiger partial charge in [0.2, 0.25) is 5.91 Å². The lowest BCUT2D eigenvalue weighted by molar-refractivity contribution is -0.139. The summed E-state index contributed by atoms with van der Waals surface area (Å²) in [5, 5.41) is 2.92. The SMILES string of the molecule is CC(C)C(=O)[C@H](NC(=O)c1cccc(C2CCCN(C(=O)C3CCC3)C2)c1F)C1CCCCC1. The highest BCUT2D eigenvalue weighted by Gasteiger charge is 2.35. The molecule has 2 aliphatic carbocycles. The highest BCUT2D eigenvalue weighted by atomic mass is 19.1. The Morgan fingerprint density at radius 1 is 0.971 bits per heavy atom. The molecule has 1 aromatic rings. The molecule has 1 unspecified atom stereocenters. The van der Waals surface area contributed by atoms with E-state index in [1.165, 1.54) is 6.07 Å². The van der Waals surface area contributed by atoms with Crippen molar-refractivity contribution in [3.63, 3.8) is 0 Å². The lowest BCUT2D eigenvalue weighted by Gasteiger charge is -2.37. The van der Waals surface area contributed by atoms with Crippen LogP contribution in [0, 0.1) is 23.6 Å². The van der Waals surface area contributed by atoms with Crippen LogP contribution in [0.15, 0.2) is 18.2 Å². The number of likely N-dealkylation sites (tertiary alicyclic amines) is 1. The van der Waals surface area contributed by atoms with Gasteiger partial charge in [0.25, 0.3) is 5.91 Å². The van der Waals surface area contributed by atoms with E-state index in [-0.39, 0.29) is 40.9 Å². The minimum Gasteiger partial charge on any atom is -0.342 e. The van der Waals surface area contributed by atoms with Gasteiger partial charge in [-0.1, -0.05) is 51.7 Å². The first-order valence-electron chi connectivity index (χ1n) is 13.3. The number of benzene rings is 1. The van der Waals surface area contributed by atoms with E-state index in [1.54, 1.807) is 12.1 Å². The highest BCUT2D eigenvalue weighted by molar-refractivity contribution is 5.98. The number of rotatable bonds is 7. The van der Waals surface area contributed by atoms with Crippen molar-refractivity contribution in [2.24, 2.45) is 17.8 Å². The predicted octanol–water partition coefficient (Wildman–Crippen LogP) is 5.24. The standard InChI is InChI=1S/C28H39FN2O3/c1-18(2)26(32)25(19-9-4-3-5-10-19)30-27(33)23-15-7-14-22(24(23)29)21-13-8-16-31(17-21)28(34)20-11-6-12-20/h7,14-15,18-21,25H,3-6,8-13,16-17H2,1-2H3,(H,30,33)/t21?,25-/m1/s1. The number of halogens is 1. The molecule has 0 radical (unpaired) electrons. The van der Waals surface area contributed by atoms with Gasteiger partial charge in [-0.15, -0.1) is 0 Å². The Bertz CT molecular complexity index is 905. The molecule has 0 aromatic heterocycles. The van der Waals surface area contributed by atoms with Gasteiger partial charge in [0.05, 0.1) is 11.6 Å². The number of carbonyl (C=O) groups excluding carboxylic acids is 3. The number of nitrogens with zero attached hydrogens (tertiary/aromatic N) is 1. The van der Waals surface area contributed by atoms with Crippen LogP contribution in [0.5, 0.6) is 0 Å². The molecule has 4 rings (SSSR count). The zero-order chi connectivity index (χ0) is 24.2. The first-order chi connectivity index (χ1) is 16.4. The molecule has 0 spiro atoms. The minimum absolute atomic E-state index is 0.00249. The van der Waals surface area contributed by atoms with Gasteiger partial charge < -0.3 is 10.2 Å². The van der Waals surface area contributed by atoms with Crippen LogP contribution in [0.3, 0.4) is 0 Å². The molecule has 5 nitrogen and oxygen atoms in total. The second-order valence-electron chi connectivity index (χ2n) is 10.9. The molecule has 1 aliphatic heterocycles. The second kappa shape index (κ2) is 11.0. The normalized spacial score (nSPS) is 22.8. The third-order valence-corrected chi connectivity index (χ3v) is 8.18. The summed E-state index contributed by atoms with van der Waals surface area (Å²) in [7, 11) is 0. The smallest absolute Gasteiger partial charge is 0.254 e. The summed E-state index contributed by atoms with van der Waals surface area (Å²) in [5.74, 6) is -0.854. The van der Waals surface area contributed by atoms with Crippen LogP contribution in [0.4, 0.5) is 4.39 Å². The Morgan fingerprint density at radius 2 is 1.71 bits per heavy atom. The van der Waals surface area contributed by atoms with Gasteiger partial charge >= 0.3 is 0 Å². The van der Waals surface area contributed by atoms with E-state index in [0.717, 1.165) is 70.8 Å². The fourth-order valence-corrected chi connectivity index (χ4v) is 5.85. The average Bonchev–Trinajstić information content (AvgIpc) is 2.81. The monoisotopic (exact) mass is 470 g/mol. The average molecular weight is 471 g/mol. The number of hydrogen-bond donors (Lipinski definition) is 1. The minimum atomic E-state index is -0.568. The van der Waals surface area contributed by atoms with Gasteiger partial charge in [0, 0.05) is 30.8 Å². The fraction of sp³-hybridized carbons (Fsp3) is 0.679. The fourth-order valence-electron chi connectivity index (χ4n) is 5.85. The number of nitrogens with one attached hydrogen (secondary N) is 1. The van der Waals surface area contributed by atoms with E-state index in [2.05, 4.69) is 5.32 Å². The number of ketones is 1. The number of Topliss-reactive ketones (excluding diaryl/α,β-unsaturated/α-hetero) is 1. The Kier molecular flexibility index (Phi) is 8.05. The molecule has 2 amide bonds. The van der Waals surface area contributed by atoms with Gasteiger partial charge in [-0.25, -0.2) is 4.39 Å². The van der Waals surface area contributed by atoms with Crippen LogP contribution in [0.1, 0.15) is 99.9 Å². The summed E-state index contributed by atoms with van der Waals surface area (Å²) in [6.45, 7) is 4.94. The first-order valence-corrected chi connectivity index (χ1v) is 13.3. The zero-order valence-electron chi connectivity index (χ0n) is 20.7. The molecule has 2 atom stereocenters. The van der Waals surface area contributed by atoms with Crippen molar-refractivity contribution in [1.82, 2.24) is 10.2 Å². The molecule has 2 saturated carbocycles. The van der Waals surface area contributed by atoms with Crippen molar-refractivity contribution >= 4 is 17.6 Å². The Balaban J connectivity index is 1.50. The summed E-state index contributed by atoms with van der Waals surface area (Å²) in [6.07, 6.45) is 9.78. The van der Waals surface area contributed by atoms with Crippen molar-refractivity contribution in [3.05, 3.63) is 35.1 Å². The first kappa shape index (κ1) is 24.9. The Hall–Kier alpha value is -2.24. The van der Waals surface area contributed by atoms with Crippen LogP contribution in [-0.4, -0.2) is 41.6 Å². The van der Waals surface area contributed by atoms with Gasteiger partial charge in [-0.2, -0.15) is 0 Å². The van der Waals surface area contributed by atoms with Crippen molar-refractivity contribution in [1.29, 1.82) is 0 Å². The van der Waals surface area contributed by atoms with Crippen LogP contribution in [0.25, 0.3) is 0 Å². The molecular formula is C28H39FN2O3. The van der Waals surface area contributed by atoms with E-state index in [0.29, 0.717) is 12.1 Å². The highest BCUT2D eigenvalue weighted by Crippen LogP contribution is 2.34. The maximum Gasteiger partial charge on any atom is 0.254 e. The van der Waals surface area contributed by atoms with E-state index in [4.69, 9.17) is 0 Å². The third-order valence-electron chi connectivity index (χ3n) is 8.18. The lowest BCUT2D eigenvalue weighted by Crippen LogP contribution is -2.48. The summed E-state index contributed by atoms with van der Waals surface area (Å²) in [6, 6.07) is 4.40. The van der Waals surface area contributed by atoms with E-state index in [9.17, 15) is 14.4 Å². The molecule has 3 fully saturated rings. The molecule has 1 aromatic carbocycles. The van der Waals surface area contributed by atoms with Crippen molar-refractivity contribution < 1.29 is 18.8 Å². The third kappa shape index (κ3) is 5.36. The van der Waals surface area contributed by atoms with Gasteiger partial charge in [0.1, 0.15) is 5.82 Å². The lowest BCUT2D eigenvalue weighted by atomic mass is 9.80. The van der Waals surface area contributed by atoms with E-state index >= 15 is 4.39 Å². The maximum atomic E-state index is 15.7. The summed E-state index contributed by atoms with van der Waals surface area (Å²) < 4.78 is 15.7. The molecule has 0 bridgehead atoms. The number of amides is 2. The van der Waals surface area contributed by atoms with E-state index < -0.39 is 17.8 Å². The molecule has 186 valence electrons. The number of carbonyl (C=O) groups is 3. The molecule has 34 heavy (non-hydrogen) atoms. The molecular weight excluding hydrogens is 431 g/mol. The Morgan fingerprint density at radius 3 is 2.35 bits per heavy atom. The topological polar surface area (TPSA) is 66.5 Å². The van der Waals surface area contributed by atoms with Crippen molar-refractivity contribution in [3.8, 4) is 0 Å². The van der Waals surface area contributed by atoms with Crippen LogP contribution in [-0.2, 0) is 9.59 Å².